The maximum absolute atomic E-state index is 13.2. The van der Waals surface area contributed by atoms with Gasteiger partial charge in [-0.1, -0.05) is 34.1 Å². The van der Waals surface area contributed by atoms with Crippen LogP contribution in [0.4, 0.5) is 17.6 Å². The molecule has 4 nitrogen and oxygen atoms in total. The number of hydrogen-bond donors (Lipinski definition) is 1. The van der Waals surface area contributed by atoms with E-state index in [2.05, 4.69) is 21.0 Å². The minimum absolute atomic E-state index is 0.0343. The second-order valence-electron chi connectivity index (χ2n) is 5.67. The Balaban J connectivity index is 2.08. The number of hydrazone groups is 1. The third kappa shape index (κ3) is 3.36. The van der Waals surface area contributed by atoms with Crippen molar-refractivity contribution >= 4 is 27.5 Å². The van der Waals surface area contributed by atoms with Gasteiger partial charge >= 0.3 is 6.18 Å². The highest BCUT2D eigenvalue weighted by Crippen LogP contribution is 2.40. The first-order valence-corrected chi connectivity index (χ1v) is 8.14. The second-order valence-corrected chi connectivity index (χ2v) is 6.59. The van der Waals surface area contributed by atoms with Crippen LogP contribution in [0.2, 0.25) is 0 Å². The Kier molecular flexibility index (Phi) is 4.61. The Bertz CT molecular complexity index is 883. The summed E-state index contributed by atoms with van der Waals surface area (Å²) in [6.07, 6.45) is -5.78. The van der Waals surface area contributed by atoms with E-state index in [4.69, 9.17) is 0 Å². The number of carbonyl (C=O) groups excluding carboxylic acids is 1. The summed E-state index contributed by atoms with van der Waals surface area (Å²) in [4.78, 5) is 12.7. The number of nitrogens with zero attached hydrogens (tertiary/aromatic N) is 2. The molecule has 1 aliphatic heterocycles. The molecule has 26 heavy (non-hydrogen) atoms. The molecule has 0 unspecified atom stereocenters. The molecule has 0 saturated heterocycles. The van der Waals surface area contributed by atoms with Crippen molar-refractivity contribution in [1.82, 2.24) is 5.01 Å². The second kappa shape index (κ2) is 6.48. The molecule has 3 rings (SSSR count). The van der Waals surface area contributed by atoms with Crippen molar-refractivity contribution in [2.24, 2.45) is 5.10 Å². The number of carbonyl (C=O) groups is 1. The van der Waals surface area contributed by atoms with E-state index >= 15 is 0 Å². The summed E-state index contributed by atoms with van der Waals surface area (Å²) in [5.74, 6) is -1.55. The van der Waals surface area contributed by atoms with Crippen LogP contribution in [0.5, 0.6) is 0 Å². The van der Waals surface area contributed by atoms with Crippen LogP contribution in [0, 0.1) is 5.82 Å². The molecule has 0 radical (unpaired) electrons. The molecule has 0 bridgehead atoms. The predicted octanol–water partition coefficient (Wildman–Crippen LogP) is 4.20. The standard InChI is InChI=1S/C17H11BrF4N2O2/c18-12-3-1-2-10(8-12)15(25)24-16(26,9-14(23-24)17(20,21)22)11-4-6-13(19)7-5-11/h1-8,26H,9H2/t16-/m1/s1. The third-order valence-corrected chi connectivity index (χ3v) is 4.38. The highest BCUT2D eigenvalue weighted by atomic mass is 79.9. The number of amides is 1. The lowest BCUT2D eigenvalue weighted by Crippen LogP contribution is -2.43. The van der Waals surface area contributed by atoms with Gasteiger partial charge in [0.05, 0.1) is 6.42 Å². The van der Waals surface area contributed by atoms with Crippen molar-refractivity contribution < 1.29 is 27.5 Å². The molecule has 1 atom stereocenters. The fourth-order valence-electron chi connectivity index (χ4n) is 2.60. The summed E-state index contributed by atoms with van der Waals surface area (Å²) in [6, 6.07) is 10.2. The van der Waals surface area contributed by atoms with Crippen LogP contribution in [-0.4, -0.2) is 27.9 Å². The summed E-state index contributed by atoms with van der Waals surface area (Å²) in [6.45, 7) is 0. The van der Waals surface area contributed by atoms with Gasteiger partial charge < -0.3 is 5.11 Å². The topological polar surface area (TPSA) is 52.9 Å². The Labute approximate surface area is 153 Å². The van der Waals surface area contributed by atoms with Gasteiger partial charge in [0.15, 0.2) is 5.72 Å². The van der Waals surface area contributed by atoms with Crippen molar-refractivity contribution in [3.63, 3.8) is 0 Å². The average Bonchev–Trinajstić information content (AvgIpc) is 2.94. The van der Waals surface area contributed by atoms with Crippen molar-refractivity contribution in [2.75, 3.05) is 0 Å². The third-order valence-electron chi connectivity index (χ3n) is 3.88. The van der Waals surface area contributed by atoms with Crippen LogP contribution in [0.1, 0.15) is 22.3 Å². The van der Waals surface area contributed by atoms with E-state index in [-0.39, 0.29) is 11.1 Å². The van der Waals surface area contributed by atoms with Crippen molar-refractivity contribution in [2.45, 2.75) is 18.3 Å². The normalized spacial score (nSPS) is 20.2. The lowest BCUT2D eigenvalue weighted by molar-refractivity contribution is -0.0816. The number of benzene rings is 2. The number of hydrogen-bond acceptors (Lipinski definition) is 3. The maximum Gasteiger partial charge on any atom is 0.431 e. The summed E-state index contributed by atoms with van der Waals surface area (Å²) in [5, 5.41) is 14.6. The molecular weight excluding hydrogens is 420 g/mol. The van der Waals surface area contributed by atoms with Crippen molar-refractivity contribution in [3.05, 3.63) is 69.9 Å². The summed E-state index contributed by atoms with van der Waals surface area (Å²) >= 11 is 3.17. The molecule has 136 valence electrons. The van der Waals surface area contributed by atoms with Crippen LogP contribution >= 0.6 is 15.9 Å². The molecule has 1 N–H and O–H groups in total. The zero-order chi connectivity index (χ0) is 19.1. The monoisotopic (exact) mass is 430 g/mol. The molecule has 0 spiro atoms. The van der Waals surface area contributed by atoms with Gasteiger partial charge in [-0.3, -0.25) is 4.79 Å². The van der Waals surface area contributed by atoms with Gasteiger partial charge in [-0.25, -0.2) is 4.39 Å². The van der Waals surface area contributed by atoms with E-state index in [1.54, 1.807) is 6.07 Å². The van der Waals surface area contributed by atoms with Gasteiger partial charge in [0.1, 0.15) is 11.5 Å². The van der Waals surface area contributed by atoms with Gasteiger partial charge in [-0.2, -0.15) is 23.3 Å². The van der Waals surface area contributed by atoms with Crippen LogP contribution in [-0.2, 0) is 5.72 Å². The number of aliphatic hydroxyl groups is 1. The summed E-state index contributed by atoms with van der Waals surface area (Å²) in [5.41, 5.74) is -3.72. The molecule has 1 amide bonds. The lowest BCUT2D eigenvalue weighted by atomic mass is 9.96. The van der Waals surface area contributed by atoms with Gasteiger partial charge in [-0.15, -0.1) is 0 Å². The maximum atomic E-state index is 13.2. The molecular formula is C17H11BrF4N2O2. The Morgan fingerprint density at radius 3 is 2.42 bits per heavy atom. The fourth-order valence-corrected chi connectivity index (χ4v) is 3.00. The first-order valence-electron chi connectivity index (χ1n) is 7.34. The summed E-state index contributed by atoms with van der Waals surface area (Å²) in [7, 11) is 0. The zero-order valence-electron chi connectivity index (χ0n) is 13.0. The molecule has 1 heterocycles. The number of rotatable bonds is 2. The number of halogens is 5. The van der Waals surface area contributed by atoms with E-state index < -0.39 is 35.8 Å². The largest absolute Gasteiger partial charge is 0.431 e. The van der Waals surface area contributed by atoms with Crippen molar-refractivity contribution in [1.29, 1.82) is 0 Å². The van der Waals surface area contributed by atoms with E-state index in [1.165, 1.54) is 18.2 Å². The van der Waals surface area contributed by atoms with Crippen LogP contribution in [0.25, 0.3) is 0 Å². The van der Waals surface area contributed by atoms with Crippen LogP contribution in [0.15, 0.2) is 58.1 Å². The SMILES string of the molecule is O=C(c1cccc(Br)c1)N1N=C(C(F)(F)F)C[C@@]1(O)c1ccc(F)cc1. The number of alkyl halides is 3. The van der Waals surface area contributed by atoms with Gasteiger partial charge in [0.25, 0.3) is 5.91 Å². The highest BCUT2D eigenvalue weighted by molar-refractivity contribution is 9.10. The summed E-state index contributed by atoms with van der Waals surface area (Å²) < 4.78 is 53.1. The van der Waals surface area contributed by atoms with Gasteiger partial charge in [-0.05, 0) is 30.3 Å². The molecule has 0 fully saturated rings. The Hall–Kier alpha value is -2.26. The molecule has 2 aromatic rings. The predicted molar refractivity (Wildman–Crippen MR) is 88.7 cm³/mol. The molecule has 9 heteroatoms. The zero-order valence-corrected chi connectivity index (χ0v) is 14.6. The first-order chi connectivity index (χ1) is 12.1. The fraction of sp³-hybridized carbons (Fsp3) is 0.176. The van der Waals surface area contributed by atoms with Gasteiger partial charge in [0, 0.05) is 15.6 Å². The minimum atomic E-state index is -4.82. The molecule has 2 aromatic carbocycles. The molecule has 0 saturated carbocycles. The average molecular weight is 431 g/mol. The molecule has 0 aromatic heterocycles. The lowest BCUT2D eigenvalue weighted by Gasteiger charge is -2.31. The van der Waals surface area contributed by atoms with Crippen LogP contribution < -0.4 is 0 Å². The Morgan fingerprint density at radius 1 is 1.19 bits per heavy atom. The van der Waals surface area contributed by atoms with E-state index in [9.17, 15) is 27.5 Å². The van der Waals surface area contributed by atoms with E-state index in [1.807, 2.05) is 0 Å². The van der Waals surface area contributed by atoms with Gasteiger partial charge in [0.2, 0.25) is 0 Å². The smallest absolute Gasteiger partial charge is 0.365 e. The highest BCUT2D eigenvalue weighted by Gasteiger charge is 2.53. The van der Waals surface area contributed by atoms with E-state index in [0.29, 0.717) is 9.48 Å². The quantitative estimate of drug-likeness (QED) is 0.725. The van der Waals surface area contributed by atoms with E-state index in [0.717, 1.165) is 24.3 Å². The Morgan fingerprint density at radius 2 is 1.85 bits per heavy atom. The first kappa shape index (κ1) is 18.5. The minimum Gasteiger partial charge on any atom is -0.365 e. The molecule has 1 aliphatic rings. The van der Waals surface area contributed by atoms with Crippen molar-refractivity contribution in [3.8, 4) is 0 Å². The molecule has 0 aliphatic carbocycles. The van der Waals surface area contributed by atoms with Crippen LogP contribution in [0.3, 0.4) is 0 Å².